The van der Waals surface area contributed by atoms with E-state index in [1.165, 1.54) is 24.4 Å². The molecule has 1 aromatic carbocycles. The minimum Gasteiger partial charge on any atom is -0.505 e. The van der Waals surface area contributed by atoms with Crippen molar-refractivity contribution in [2.45, 2.75) is 0 Å². The van der Waals surface area contributed by atoms with E-state index in [0.29, 0.717) is 0 Å². The van der Waals surface area contributed by atoms with Gasteiger partial charge in [0.25, 0.3) is 5.91 Å². The lowest BCUT2D eigenvalue weighted by atomic mass is 10.1. The third kappa shape index (κ3) is 2.89. The van der Waals surface area contributed by atoms with Gasteiger partial charge in [-0.2, -0.15) is 0 Å². The first kappa shape index (κ1) is 14.3. The molecule has 108 valence electrons. The molecule has 0 spiro atoms. The van der Waals surface area contributed by atoms with Crippen molar-refractivity contribution in [2.24, 2.45) is 10.9 Å². The molecule has 0 unspecified atom stereocenters. The molecule has 2 aromatic rings. The van der Waals surface area contributed by atoms with Gasteiger partial charge in [0.15, 0.2) is 5.84 Å². The molecule has 1 amide bonds. The second-order valence-corrected chi connectivity index (χ2v) is 3.99. The summed E-state index contributed by atoms with van der Waals surface area (Å²) in [5, 5.41) is 23.3. The number of aromatic hydroxyl groups is 1. The molecule has 7 nitrogen and oxygen atoms in total. The van der Waals surface area contributed by atoms with E-state index in [9.17, 15) is 14.3 Å². The monoisotopic (exact) mass is 290 g/mol. The summed E-state index contributed by atoms with van der Waals surface area (Å²) >= 11 is 0. The second-order valence-electron chi connectivity index (χ2n) is 3.99. The van der Waals surface area contributed by atoms with Crippen molar-refractivity contribution in [1.82, 2.24) is 4.98 Å². The summed E-state index contributed by atoms with van der Waals surface area (Å²) < 4.78 is 13.7. The van der Waals surface area contributed by atoms with E-state index in [1.807, 2.05) is 0 Å². The Morgan fingerprint density at radius 3 is 2.81 bits per heavy atom. The number of nitrogens with zero attached hydrogens (tertiary/aromatic N) is 2. The molecule has 5 N–H and O–H groups in total. The van der Waals surface area contributed by atoms with E-state index >= 15 is 0 Å². The fourth-order valence-corrected chi connectivity index (χ4v) is 1.71. The van der Waals surface area contributed by atoms with Gasteiger partial charge in [-0.25, -0.2) is 4.39 Å². The molecule has 0 aliphatic heterocycles. The first-order valence-electron chi connectivity index (χ1n) is 5.75. The van der Waals surface area contributed by atoms with Gasteiger partial charge in [0.05, 0.1) is 23.0 Å². The van der Waals surface area contributed by atoms with E-state index in [2.05, 4.69) is 15.5 Å². The molecule has 2 rings (SSSR count). The minimum atomic E-state index is -0.762. The number of carbonyl (C=O) groups excluding carboxylic acids is 1. The Kier molecular flexibility index (Phi) is 3.98. The standard InChI is InChI=1S/C13H11FN4O3/c14-8-2-1-3-9(11(8)12(15)18-21)17-13(20)7-4-5-16-6-10(7)19/h1-6,19,21H,(H2,15,18)(H,17,20). The summed E-state index contributed by atoms with van der Waals surface area (Å²) in [4.78, 5) is 15.7. The average molecular weight is 290 g/mol. The number of hydrogen-bond donors (Lipinski definition) is 4. The number of amidine groups is 1. The molecule has 1 heterocycles. The van der Waals surface area contributed by atoms with E-state index in [1.54, 1.807) is 0 Å². The maximum absolute atomic E-state index is 13.7. The Bertz CT molecular complexity index is 718. The molecule has 1 aromatic heterocycles. The lowest BCUT2D eigenvalue weighted by Gasteiger charge is -2.11. The van der Waals surface area contributed by atoms with Gasteiger partial charge in [-0.1, -0.05) is 11.2 Å². The van der Waals surface area contributed by atoms with Crippen LogP contribution in [0.3, 0.4) is 0 Å². The van der Waals surface area contributed by atoms with Gasteiger partial charge in [0.2, 0.25) is 0 Å². The zero-order valence-corrected chi connectivity index (χ0v) is 10.6. The van der Waals surface area contributed by atoms with E-state index in [0.717, 1.165) is 12.3 Å². The smallest absolute Gasteiger partial charge is 0.259 e. The van der Waals surface area contributed by atoms with Crippen LogP contribution in [-0.2, 0) is 0 Å². The van der Waals surface area contributed by atoms with Crippen molar-refractivity contribution in [3.05, 3.63) is 53.6 Å². The number of hydrogen-bond acceptors (Lipinski definition) is 5. The molecule has 0 aliphatic rings. The molecule has 0 aliphatic carbocycles. The zero-order valence-electron chi connectivity index (χ0n) is 10.6. The number of halogens is 1. The first-order chi connectivity index (χ1) is 10.0. The molecule has 0 bridgehead atoms. The maximum atomic E-state index is 13.7. The number of carbonyl (C=O) groups is 1. The largest absolute Gasteiger partial charge is 0.505 e. The molecular formula is C13H11FN4O3. The van der Waals surface area contributed by atoms with Crippen LogP contribution in [0, 0.1) is 5.82 Å². The molecule has 0 saturated heterocycles. The Hall–Kier alpha value is -3.16. The van der Waals surface area contributed by atoms with Crippen molar-refractivity contribution >= 4 is 17.4 Å². The number of benzene rings is 1. The molecule has 0 atom stereocenters. The molecule has 8 heteroatoms. The van der Waals surface area contributed by atoms with Crippen molar-refractivity contribution in [1.29, 1.82) is 0 Å². The SMILES string of the molecule is N/C(=N/O)c1c(F)cccc1NC(=O)c1ccncc1O. The lowest BCUT2D eigenvalue weighted by molar-refractivity contribution is 0.102. The van der Waals surface area contributed by atoms with E-state index in [-0.39, 0.29) is 22.6 Å². The van der Waals surface area contributed by atoms with Crippen LogP contribution in [0.25, 0.3) is 0 Å². The molecule has 0 fully saturated rings. The van der Waals surface area contributed by atoms with Gasteiger partial charge in [-0.15, -0.1) is 0 Å². The maximum Gasteiger partial charge on any atom is 0.259 e. The Labute approximate surface area is 118 Å². The summed E-state index contributed by atoms with van der Waals surface area (Å²) in [5.41, 5.74) is 5.11. The van der Waals surface area contributed by atoms with Gasteiger partial charge in [0, 0.05) is 6.20 Å². The summed E-state index contributed by atoms with van der Waals surface area (Å²) in [6.07, 6.45) is 2.43. The van der Waals surface area contributed by atoms with Crippen LogP contribution in [0.1, 0.15) is 15.9 Å². The van der Waals surface area contributed by atoms with Crippen molar-refractivity contribution in [2.75, 3.05) is 5.32 Å². The number of aromatic nitrogens is 1. The third-order valence-corrected chi connectivity index (χ3v) is 2.67. The van der Waals surface area contributed by atoms with Gasteiger partial charge >= 0.3 is 0 Å². The number of anilines is 1. The van der Waals surface area contributed by atoms with E-state index in [4.69, 9.17) is 10.9 Å². The molecular weight excluding hydrogens is 279 g/mol. The number of nitrogens with one attached hydrogen (secondary N) is 1. The zero-order chi connectivity index (χ0) is 15.4. The van der Waals surface area contributed by atoms with Crippen LogP contribution < -0.4 is 11.1 Å². The average Bonchev–Trinajstić information content (AvgIpc) is 2.47. The van der Waals surface area contributed by atoms with Crippen molar-refractivity contribution < 1.29 is 19.5 Å². The fourth-order valence-electron chi connectivity index (χ4n) is 1.71. The number of pyridine rings is 1. The van der Waals surface area contributed by atoms with Crippen molar-refractivity contribution in [3.63, 3.8) is 0 Å². The summed E-state index contributed by atoms with van der Waals surface area (Å²) in [5.74, 6) is -2.26. The first-order valence-corrected chi connectivity index (χ1v) is 5.75. The molecule has 0 radical (unpaired) electrons. The van der Waals surface area contributed by atoms with Crippen LogP contribution in [-0.4, -0.2) is 27.0 Å². The van der Waals surface area contributed by atoms with Gasteiger partial charge < -0.3 is 21.4 Å². The van der Waals surface area contributed by atoms with E-state index < -0.39 is 17.6 Å². The van der Waals surface area contributed by atoms with Crippen LogP contribution in [0.4, 0.5) is 10.1 Å². The highest BCUT2D eigenvalue weighted by molar-refractivity contribution is 6.10. The topological polar surface area (TPSA) is 121 Å². The number of rotatable bonds is 3. The lowest BCUT2D eigenvalue weighted by Crippen LogP contribution is -2.20. The minimum absolute atomic E-state index is 0.00603. The Morgan fingerprint density at radius 2 is 2.14 bits per heavy atom. The molecule has 0 saturated carbocycles. The quantitative estimate of drug-likeness (QED) is 0.293. The number of amides is 1. The highest BCUT2D eigenvalue weighted by Gasteiger charge is 2.17. The van der Waals surface area contributed by atoms with Gasteiger partial charge in [-0.3, -0.25) is 9.78 Å². The predicted octanol–water partition coefficient (Wildman–Crippen LogP) is 1.27. The summed E-state index contributed by atoms with van der Waals surface area (Å²) in [7, 11) is 0. The van der Waals surface area contributed by atoms with Crippen LogP contribution in [0.2, 0.25) is 0 Å². The normalized spacial score (nSPS) is 11.2. The van der Waals surface area contributed by atoms with Gasteiger partial charge in [-0.05, 0) is 18.2 Å². The van der Waals surface area contributed by atoms with Crippen LogP contribution in [0.5, 0.6) is 5.75 Å². The highest BCUT2D eigenvalue weighted by atomic mass is 19.1. The second kappa shape index (κ2) is 5.87. The predicted molar refractivity (Wildman–Crippen MR) is 72.8 cm³/mol. The highest BCUT2D eigenvalue weighted by Crippen LogP contribution is 2.21. The van der Waals surface area contributed by atoms with Gasteiger partial charge in [0.1, 0.15) is 11.6 Å². The summed E-state index contributed by atoms with van der Waals surface area (Å²) in [6.45, 7) is 0. The fraction of sp³-hybridized carbons (Fsp3) is 0. The number of oxime groups is 1. The number of nitrogens with two attached hydrogens (primary N) is 1. The third-order valence-electron chi connectivity index (χ3n) is 2.67. The Morgan fingerprint density at radius 1 is 1.38 bits per heavy atom. The van der Waals surface area contributed by atoms with Crippen LogP contribution in [0.15, 0.2) is 41.8 Å². The Balaban J connectivity index is 2.39. The van der Waals surface area contributed by atoms with Crippen LogP contribution >= 0.6 is 0 Å². The summed E-state index contributed by atoms with van der Waals surface area (Å²) in [6, 6.07) is 5.14. The molecule has 21 heavy (non-hydrogen) atoms. The van der Waals surface area contributed by atoms with Crippen molar-refractivity contribution in [3.8, 4) is 5.75 Å².